The maximum absolute atomic E-state index is 14.0. The Kier molecular flexibility index (Phi) is 15.1. The fourth-order valence-electron chi connectivity index (χ4n) is 9.20. The number of carbonyl (C=O) groups excluding carboxylic acids is 2. The average molecular weight is 699 g/mol. The molecule has 0 amide bonds. The zero-order valence-electron chi connectivity index (χ0n) is 31.4. The van der Waals surface area contributed by atoms with Crippen LogP contribution in [0.5, 0.6) is 0 Å². The summed E-state index contributed by atoms with van der Waals surface area (Å²) in [6.45, 7) is 8.70. The van der Waals surface area contributed by atoms with Gasteiger partial charge in [0.05, 0.1) is 30.9 Å². The number of hydrogen-bond donors (Lipinski definition) is 2. The fraction of sp³-hybridized carbons (Fsp3) is 0.829. The molecule has 7 atom stereocenters. The lowest BCUT2D eigenvalue weighted by Crippen LogP contribution is -2.76. The number of ether oxygens (including phenoxy) is 4. The Morgan fingerprint density at radius 2 is 1.62 bits per heavy atom. The van der Waals surface area contributed by atoms with Crippen LogP contribution in [0.2, 0.25) is 0 Å². The highest BCUT2D eigenvalue weighted by atomic mass is 16.6. The fourth-order valence-corrected chi connectivity index (χ4v) is 9.20. The summed E-state index contributed by atoms with van der Waals surface area (Å²) in [5.41, 5.74) is -1.15. The molecule has 9 heteroatoms. The summed E-state index contributed by atoms with van der Waals surface area (Å²) < 4.78 is 27.1. The molecule has 0 aromatic heterocycles. The Hall–Kier alpha value is -2.39. The second-order valence-electron chi connectivity index (χ2n) is 15.7. The highest BCUT2D eigenvalue weighted by molar-refractivity contribution is 5.82. The number of carbonyl (C=O) groups is 2. The Morgan fingerprint density at radius 3 is 2.30 bits per heavy atom. The standard InChI is InChI=1S/C41H67N3O6/c1-4-29-47-36(45)24-17-15-13-11-9-7-6-8-10-12-14-16-20-30-48-38(46)37-35-26-25-33-31-40(27-19-18-23-34(5-2)50-40)42-39(44(33)35)43-41(37)28-21-22-32(3)49-41/h4,18,23,32-35,37H,1,5-17,19-22,24-31H2,2-3H3,(H,42,43)/p+1/t32-,33+,34+,35+,37-,40+,41+/m1/s1. The number of guanidine groups is 1. The van der Waals surface area contributed by atoms with Crippen LogP contribution in [0.1, 0.15) is 162 Å². The van der Waals surface area contributed by atoms with Crippen molar-refractivity contribution in [1.29, 1.82) is 0 Å². The Morgan fingerprint density at radius 1 is 0.920 bits per heavy atom. The first kappa shape index (κ1) is 38.8. The van der Waals surface area contributed by atoms with Gasteiger partial charge in [0, 0.05) is 25.7 Å². The second kappa shape index (κ2) is 19.4. The summed E-state index contributed by atoms with van der Waals surface area (Å²) in [4.78, 5) is 25.5. The molecule has 5 aliphatic rings. The third kappa shape index (κ3) is 10.4. The number of rotatable bonds is 20. The molecular formula is C41H68N3O6+. The van der Waals surface area contributed by atoms with Gasteiger partial charge in [0.15, 0.2) is 11.6 Å². The number of nitrogens with one attached hydrogen (secondary N) is 2. The van der Waals surface area contributed by atoms with E-state index in [2.05, 4.69) is 47.8 Å². The van der Waals surface area contributed by atoms with Gasteiger partial charge in [-0.1, -0.05) is 102 Å². The quantitative estimate of drug-likeness (QED) is 0.0572. The van der Waals surface area contributed by atoms with Crippen molar-refractivity contribution in [3.05, 3.63) is 24.8 Å². The predicted octanol–water partition coefficient (Wildman–Crippen LogP) is 7.96. The van der Waals surface area contributed by atoms with Gasteiger partial charge in [0.25, 0.3) is 0 Å². The summed E-state index contributed by atoms with van der Waals surface area (Å²) in [7, 11) is 0. The van der Waals surface area contributed by atoms with Gasteiger partial charge in [-0.25, -0.2) is 10.6 Å². The van der Waals surface area contributed by atoms with Crippen LogP contribution >= 0.6 is 0 Å². The molecule has 50 heavy (non-hydrogen) atoms. The number of hydrogen-bond acceptors (Lipinski definition) is 8. The summed E-state index contributed by atoms with van der Waals surface area (Å²) in [5.74, 6) is 0.445. The van der Waals surface area contributed by atoms with E-state index < -0.39 is 11.4 Å². The van der Waals surface area contributed by atoms with E-state index in [0.717, 1.165) is 89.4 Å². The highest BCUT2D eigenvalue weighted by Gasteiger charge is 2.64. The largest absolute Gasteiger partial charge is 0.465 e. The third-order valence-electron chi connectivity index (χ3n) is 11.7. The molecular weight excluding hydrogens is 630 g/mol. The molecule has 2 fully saturated rings. The van der Waals surface area contributed by atoms with Crippen LogP contribution in [0.4, 0.5) is 0 Å². The Bertz CT molecular complexity index is 1170. The molecule has 282 valence electrons. The lowest BCUT2D eigenvalue weighted by atomic mass is 9.80. The molecule has 2 spiro atoms. The lowest BCUT2D eigenvalue weighted by Gasteiger charge is -2.50. The SMILES string of the molecule is C=CCOC(=O)CCCCCCCCCCCCCCCOC(=O)[C@H]1[C@@H]2CC[C@H]3C[C@@]4(CCC=C[C@H](CC)O4)NC(=[N+]32)N[C@]12CCC[C@@H](C)O2. The van der Waals surface area contributed by atoms with Crippen LogP contribution in [-0.2, 0) is 28.5 Å². The molecule has 5 heterocycles. The molecule has 0 unspecified atom stereocenters. The molecule has 0 bridgehead atoms. The number of nitrogens with zero attached hydrogens (tertiary/aromatic N) is 1. The lowest BCUT2D eigenvalue weighted by molar-refractivity contribution is -0.609. The second-order valence-corrected chi connectivity index (χ2v) is 15.7. The van der Waals surface area contributed by atoms with Crippen molar-refractivity contribution in [2.45, 2.75) is 197 Å². The third-order valence-corrected chi connectivity index (χ3v) is 11.7. The monoisotopic (exact) mass is 699 g/mol. The zero-order valence-corrected chi connectivity index (χ0v) is 31.4. The van der Waals surface area contributed by atoms with E-state index in [-0.39, 0.29) is 36.1 Å². The van der Waals surface area contributed by atoms with Crippen LogP contribution in [0, 0.1) is 5.92 Å². The van der Waals surface area contributed by atoms with Crippen LogP contribution < -0.4 is 10.6 Å². The zero-order chi connectivity index (χ0) is 35.2. The van der Waals surface area contributed by atoms with E-state index >= 15 is 0 Å². The molecule has 0 aromatic carbocycles. The van der Waals surface area contributed by atoms with Gasteiger partial charge in [-0.2, -0.15) is 0 Å². The first-order valence-electron chi connectivity index (χ1n) is 20.6. The molecule has 5 aliphatic heterocycles. The van der Waals surface area contributed by atoms with Crippen molar-refractivity contribution in [2.75, 3.05) is 13.2 Å². The molecule has 0 aliphatic carbocycles. The van der Waals surface area contributed by atoms with Crippen molar-refractivity contribution in [1.82, 2.24) is 10.6 Å². The first-order valence-corrected chi connectivity index (χ1v) is 20.6. The van der Waals surface area contributed by atoms with E-state index in [1.807, 2.05) is 0 Å². The van der Waals surface area contributed by atoms with Gasteiger partial charge in [0.1, 0.15) is 6.61 Å². The average Bonchev–Trinajstić information content (AvgIpc) is 3.40. The minimum absolute atomic E-state index is 0.0722. The van der Waals surface area contributed by atoms with Gasteiger partial charge < -0.3 is 18.9 Å². The maximum Gasteiger partial charge on any atom is 0.350 e. The van der Waals surface area contributed by atoms with Crippen molar-refractivity contribution >= 4 is 17.9 Å². The van der Waals surface area contributed by atoms with Crippen molar-refractivity contribution in [2.24, 2.45) is 5.92 Å². The van der Waals surface area contributed by atoms with E-state index in [9.17, 15) is 9.59 Å². The van der Waals surface area contributed by atoms with E-state index in [0.29, 0.717) is 25.7 Å². The predicted molar refractivity (Wildman–Crippen MR) is 197 cm³/mol. The minimum Gasteiger partial charge on any atom is -0.465 e. The topological polar surface area (TPSA) is 98.1 Å². The van der Waals surface area contributed by atoms with E-state index in [1.54, 1.807) is 6.08 Å². The number of unbranched alkanes of at least 4 members (excludes halogenated alkanes) is 12. The minimum atomic E-state index is -0.750. The maximum atomic E-state index is 14.0. The molecule has 0 aromatic rings. The van der Waals surface area contributed by atoms with Gasteiger partial charge in [-0.05, 0) is 58.3 Å². The van der Waals surface area contributed by atoms with Gasteiger partial charge in [-0.15, -0.1) is 0 Å². The smallest absolute Gasteiger partial charge is 0.350 e. The summed E-state index contributed by atoms with van der Waals surface area (Å²) in [6.07, 6.45) is 31.0. The van der Waals surface area contributed by atoms with Crippen LogP contribution in [0.25, 0.3) is 0 Å². The summed E-state index contributed by atoms with van der Waals surface area (Å²) >= 11 is 0. The number of allylic oxidation sites excluding steroid dienone is 1. The van der Waals surface area contributed by atoms with Crippen LogP contribution in [0.3, 0.4) is 0 Å². The normalized spacial score (nSPS) is 31.5. The summed E-state index contributed by atoms with van der Waals surface area (Å²) in [6, 6.07) is 0.410. The van der Waals surface area contributed by atoms with Gasteiger partial charge in [0.2, 0.25) is 5.72 Å². The van der Waals surface area contributed by atoms with Crippen LogP contribution in [0.15, 0.2) is 24.8 Å². The first-order chi connectivity index (χ1) is 24.4. The van der Waals surface area contributed by atoms with Gasteiger partial charge in [-0.3, -0.25) is 14.2 Å². The number of esters is 2. The molecule has 0 radical (unpaired) electrons. The van der Waals surface area contributed by atoms with Crippen molar-refractivity contribution in [3.63, 3.8) is 0 Å². The molecule has 0 saturated carbocycles. The van der Waals surface area contributed by atoms with E-state index in [1.165, 1.54) is 57.8 Å². The van der Waals surface area contributed by atoms with Crippen LogP contribution in [-0.4, -0.2) is 71.4 Å². The highest BCUT2D eigenvalue weighted by Crippen LogP contribution is 2.45. The molecule has 9 nitrogen and oxygen atoms in total. The van der Waals surface area contributed by atoms with Crippen molar-refractivity contribution in [3.8, 4) is 0 Å². The summed E-state index contributed by atoms with van der Waals surface area (Å²) in [5, 5.41) is 7.66. The Balaban J connectivity index is 1.00. The van der Waals surface area contributed by atoms with E-state index in [4.69, 9.17) is 18.9 Å². The molecule has 5 rings (SSSR count). The van der Waals surface area contributed by atoms with Gasteiger partial charge >= 0.3 is 17.9 Å². The molecule has 2 N–H and O–H groups in total. The van der Waals surface area contributed by atoms with Crippen molar-refractivity contribution < 1.29 is 33.1 Å². The Labute approximate surface area is 302 Å². The molecule has 2 saturated heterocycles.